The van der Waals surface area contributed by atoms with Crippen LogP contribution in [0.1, 0.15) is 48.2 Å². The Kier molecular flexibility index (Phi) is 5.64. The topological polar surface area (TPSA) is 133 Å². The number of aryl methyl sites for hydroxylation is 2. The fourth-order valence-corrected chi connectivity index (χ4v) is 4.76. The maximum Gasteiger partial charge on any atom is 0.229 e. The fourth-order valence-electron chi connectivity index (χ4n) is 3.52. The summed E-state index contributed by atoms with van der Waals surface area (Å²) < 4.78 is 5.09. The van der Waals surface area contributed by atoms with Gasteiger partial charge >= 0.3 is 0 Å². The highest BCUT2D eigenvalue weighted by molar-refractivity contribution is 7.12. The number of fused-ring (bicyclic) bond motifs is 1. The second kappa shape index (κ2) is 8.27. The Morgan fingerprint density at radius 3 is 2.62 bits per heavy atom. The molecule has 0 bridgehead atoms. The van der Waals surface area contributed by atoms with Crippen LogP contribution in [-0.4, -0.2) is 37.5 Å². The molecule has 4 rings (SSSR count). The number of benzene rings is 1. The molecule has 0 saturated carbocycles. The van der Waals surface area contributed by atoms with Crippen LogP contribution in [0.15, 0.2) is 29.0 Å². The maximum atomic E-state index is 12.3. The summed E-state index contributed by atoms with van der Waals surface area (Å²) in [6.07, 6.45) is 1.48. The molecule has 166 valence electrons. The fraction of sp³-hybridized carbons (Fsp3) is 0.364. The Labute approximate surface area is 189 Å². The summed E-state index contributed by atoms with van der Waals surface area (Å²) in [4.78, 5) is 31.1. The van der Waals surface area contributed by atoms with Gasteiger partial charge in [0.15, 0.2) is 0 Å². The minimum atomic E-state index is -0.581. The highest BCUT2D eigenvalue weighted by atomic mass is 32.1. The quantitative estimate of drug-likeness (QED) is 0.453. The first-order chi connectivity index (χ1) is 15.1. The van der Waals surface area contributed by atoms with E-state index in [1.165, 1.54) is 17.7 Å². The first kappa shape index (κ1) is 21.8. The number of amides is 1. The number of nitrogens with one attached hydrogen (secondary N) is 1. The molecule has 4 aromatic rings. The SMILES string of the molecule is Cc1nc(-c2ccc3ncnc(NCC(C(N)=O)c4nc(C)c(C(C)(C)C)s4)c3c2)no1. The Balaban J connectivity index is 1.64. The second-order valence-corrected chi connectivity index (χ2v) is 9.67. The molecule has 10 heteroatoms. The molecular weight excluding hydrogens is 426 g/mol. The lowest BCUT2D eigenvalue weighted by Gasteiger charge is -2.16. The molecule has 0 saturated heterocycles. The molecule has 0 aliphatic heterocycles. The van der Waals surface area contributed by atoms with E-state index in [2.05, 4.69) is 51.2 Å². The van der Waals surface area contributed by atoms with Gasteiger partial charge in [-0.3, -0.25) is 4.79 Å². The molecule has 0 aliphatic carbocycles. The average molecular weight is 452 g/mol. The normalized spacial score (nSPS) is 12.8. The molecule has 0 aliphatic rings. The van der Waals surface area contributed by atoms with E-state index in [1.54, 1.807) is 6.92 Å². The molecule has 1 unspecified atom stereocenters. The van der Waals surface area contributed by atoms with Gasteiger partial charge < -0.3 is 15.6 Å². The van der Waals surface area contributed by atoms with Gasteiger partial charge in [0.2, 0.25) is 17.6 Å². The van der Waals surface area contributed by atoms with Gasteiger partial charge in [-0.2, -0.15) is 4.98 Å². The molecule has 3 heterocycles. The number of primary amides is 1. The van der Waals surface area contributed by atoms with Crippen LogP contribution in [0.25, 0.3) is 22.3 Å². The number of hydrogen-bond donors (Lipinski definition) is 2. The molecule has 0 spiro atoms. The first-order valence-corrected chi connectivity index (χ1v) is 11.0. The largest absolute Gasteiger partial charge is 0.369 e. The molecule has 1 atom stereocenters. The number of anilines is 1. The molecule has 1 aromatic carbocycles. The summed E-state index contributed by atoms with van der Waals surface area (Å²) in [7, 11) is 0. The standard InChI is InChI=1S/C22H25N7O2S/c1-11-17(22(3,4)5)32-21(27-11)15(18(23)30)9-24-20-14-8-13(19-28-12(2)31-29-19)6-7-16(14)25-10-26-20/h6-8,10,15H,9H2,1-5H3,(H2,23,30)(H,24,25,26). The van der Waals surface area contributed by atoms with Crippen LogP contribution in [-0.2, 0) is 10.2 Å². The maximum absolute atomic E-state index is 12.3. The van der Waals surface area contributed by atoms with Crippen LogP contribution in [0.2, 0.25) is 0 Å². The van der Waals surface area contributed by atoms with E-state index in [0.717, 1.165) is 27.0 Å². The molecule has 0 fully saturated rings. The third kappa shape index (κ3) is 4.31. The number of nitrogens with zero attached hydrogens (tertiary/aromatic N) is 5. The van der Waals surface area contributed by atoms with Gasteiger partial charge in [-0.15, -0.1) is 11.3 Å². The minimum Gasteiger partial charge on any atom is -0.369 e. The molecular formula is C22H25N7O2S. The molecule has 0 radical (unpaired) electrons. The van der Waals surface area contributed by atoms with Gasteiger partial charge in [0.25, 0.3) is 0 Å². The lowest BCUT2D eigenvalue weighted by atomic mass is 9.93. The Bertz CT molecular complexity index is 1290. The number of carbonyl (C=O) groups excluding carboxylic acids is 1. The average Bonchev–Trinajstić information content (AvgIpc) is 3.33. The zero-order valence-electron chi connectivity index (χ0n) is 18.6. The highest BCUT2D eigenvalue weighted by Gasteiger charge is 2.27. The molecule has 32 heavy (non-hydrogen) atoms. The van der Waals surface area contributed by atoms with Gasteiger partial charge in [-0.05, 0) is 30.5 Å². The van der Waals surface area contributed by atoms with E-state index >= 15 is 0 Å². The van der Waals surface area contributed by atoms with Crippen molar-refractivity contribution in [1.29, 1.82) is 0 Å². The van der Waals surface area contributed by atoms with E-state index in [0.29, 0.717) is 22.5 Å². The van der Waals surface area contributed by atoms with Crippen LogP contribution in [0, 0.1) is 13.8 Å². The zero-order valence-corrected chi connectivity index (χ0v) is 19.4. The van der Waals surface area contributed by atoms with E-state index in [-0.39, 0.29) is 12.0 Å². The third-order valence-electron chi connectivity index (χ3n) is 5.03. The van der Waals surface area contributed by atoms with Crippen molar-refractivity contribution in [2.24, 2.45) is 5.73 Å². The monoisotopic (exact) mass is 451 g/mol. The van der Waals surface area contributed by atoms with Crippen molar-refractivity contribution >= 4 is 34.0 Å². The van der Waals surface area contributed by atoms with Gasteiger partial charge in [0.1, 0.15) is 23.1 Å². The summed E-state index contributed by atoms with van der Waals surface area (Å²) in [5, 5.41) is 8.73. The van der Waals surface area contributed by atoms with E-state index < -0.39 is 11.8 Å². The molecule has 1 amide bonds. The number of aromatic nitrogens is 5. The van der Waals surface area contributed by atoms with Crippen molar-refractivity contribution in [2.75, 3.05) is 11.9 Å². The zero-order chi connectivity index (χ0) is 23.0. The smallest absolute Gasteiger partial charge is 0.229 e. The van der Waals surface area contributed by atoms with Crippen molar-refractivity contribution in [3.05, 3.63) is 46.0 Å². The van der Waals surface area contributed by atoms with E-state index in [1.807, 2.05) is 25.1 Å². The summed E-state index contributed by atoms with van der Waals surface area (Å²) >= 11 is 1.53. The number of rotatable bonds is 6. The summed E-state index contributed by atoms with van der Waals surface area (Å²) in [6.45, 7) is 10.4. The lowest BCUT2D eigenvalue weighted by Crippen LogP contribution is -2.27. The summed E-state index contributed by atoms with van der Waals surface area (Å²) in [5.41, 5.74) is 8.15. The number of nitrogens with two attached hydrogens (primary N) is 1. The van der Waals surface area contributed by atoms with Gasteiger partial charge in [-0.1, -0.05) is 25.9 Å². The Hall–Kier alpha value is -3.40. The first-order valence-electron chi connectivity index (χ1n) is 10.2. The lowest BCUT2D eigenvalue weighted by molar-refractivity contribution is -0.119. The summed E-state index contributed by atoms with van der Waals surface area (Å²) in [6, 6.07) is 5.64. The molecule has 3 aromatic heterocycles. The number of thiazole rings is 1. The molecule has 9 nitrogen and oxygen atoms in total. The molecule has 3 N–H and O–H groups in total. The van der Waals surface area contributed by atoms with Gasteiger partial charge in [-0.25, -0.2) is 15.0 Å². The second-order valence-electron chi connectivity index (χ2n) is 8.64. The van der Waals surface area contributed by atoms with Crippen molar-refractivity contribution in [3.63, 3.8) is 0 Å². The van der Waals surface area contributed by atoms with Gasteiger partial charge in [0, 0.05) is 29.3 Å². The number of hydrogen-bond acceptors (Lipinski definition) is 9. The van der Waals surface area contributed by atoms with Crippen molar-refractivity contribution in [3.8, 4) is 11.4 Å². The van der Waals surface area contributed by atoms with Crippen LogP contribution in [0.3, 0.4) is 0 Å². The minimum absolute atomic E-state index is 0.0532. The van der Waals surface area contributed by atoms with E-state index in [4.69, 9.17) is 10.3 Å². The van der Waals surface area contributed by atoms with Crippen LogP contribution in [0.4, 0.5) is 5.82 Å². The van der Waals surface area contributed by atoms with E-state index in [9.17, 15) is 4.79 Å². The predicted octanol–water partition coefficient (Wildman–Crippen LogP) is 3.73. The van der Waals surface area contributed by atoms with Crippen LogP contribution in [0.5, 0.6) is 0 Å². The van der Waals surface area contributed by atoms with Crippen LogP contribution < -0.4 is 11.1 Å². The predicted molar refractivity (Wildman–Crippen MR) is 124 cm³/mol. The highest BCUT2D eigenvalue weighted by Crippen LogP contribution is 2.34. The van der Waals surface area contributed by atoms with Crippen molar-refractivity contribution in [1.82, 2.24) is 25.1 Å². The Morgan fingerprint density at radius 2 is 2.00 bits per heavy atom. The van der Waals surface area contributed by atoms with Crippen molar-refractivity contribution < 1.29 is 9.32 Å². The Morgan fingerprint density at radius 1 is 1.22 bits per heavy atom. The van der Waals surface area contributed by atoms with Crippen molar-refractivity contribution in [2.45, 2.75) is 46.0 Å². The summed E-state index contributed by atoms with van der Waals surface area (Å²) in [5.74, 6) is 0.547. The third-order valence-corrected chi connectivity index (χ3v) is 6.73. The van der Waals surface area contributed by atoms with Crippen LogP contribution >= 0.6 is 11.3 Å². The van der Waals surface area contributed by atoms with Gasteiger partial charge in [0.05, 0.1) is 11.2 Å². The number of carbonyl (C=O) groups is 1.